The lowest BCUT2D eigenvalue weighted by Crippen LogP contribution is -2.44. The number of aliphatic hydroxyl groups is 1. The van der Waals surface area contributed by atoms with E-state index < -0.39 is 5.60 Å². The molecule has 2 fully saturated rings. The third kappa shape index (κ3) is 4.73. The van der Waals surface area contributed by atoms with Crippen LogP contribution in [0.4, 0.5) is 11.4 Å². The maximum absolute atomic E-state index is 12.5. The standard InChI is InChI=1S/C30H31N3O3/c31-20-23-19-27(32-29(34)22-15-18-36-21-22)11-12-28(23)33-16-13-26(14-17-33)30(35,24-7-3-1-4-8-24)25-9-5-2-6-10-25/h1-12,19,22,26,35H,13-18,21H2,(H,32,34). The second kappa shape index (κ2) is 10.5. The fourth-order valence-corrected chi connectivity index (χ4v) is 5.53. The molecule has 0 aromatic heterocycles. The van der Waals surface area contributed by atoms with Crippen molar-refractivity contribution in [3.8, 4) is 6.07 Å². The molecule has 0 saturated carbocycles. The van der Waals surface area contributed by atoms with Crippen molar-refractivity contribution >= 4 is 17.3 Å². The Morgan fingerprint density at radius 3 is 2.17 bits per heavy atom. The fraction of sp³-hybridized carbons (Fsp3) is 0.333. The molecule has 2 saturated heterocycles. The van der Waals surface area contributed by atoms with Crippen LogP contribution < -0.4 is 10.2 Å². The maximum Gasteiger partial charge on any atom is 0.229 e. The maximum atomic E-state index is 12.5. The molecule has 0 aliphatic carbocycles. The highest BCUT2D eigenvalue weighted by atomic mass is 16.5. The van der Waals surface area contributed by atoms with Crippen molar-refractivity contribution in [2.24, 2.45) is 11.8 Å². The first-order valence-electron chi connectivity index (χ1n) is 12.6. The van der Waals surface area contributed by atoms with Gasteiger partial charge in [0.05, 0.1) is 23.8 Å². The molecule has 2 aliphatic heterocycles. The second-order valence-electron chi connectivity index (χ2n) is 9.65. The van der Waals surface area contributed by atoms with Gasteiger partial charge in [-0.25, -0.2) is 0 Å². The number of hydrogen-bond acceptors (Lipinski definition) is 5. The largest absolute Gasteiger partial charge is 0.381 e. The molecule has 1 unspecified atom stereocenters. The first kappa shape index (κ1) is 24.1. The smallest absolute Gasteiger partial charge is 0.229 e. The average Bonchev–Trinajstić information content (AvgIpc) is 3.49. The molecule has 2 aliphatic rings. The monoisotopic (exact) mass is 481 g/mol. The summed E-state index contributed by atoms with van der Waals surface area (Å²) in [4.78, 5) is 14.7. The van der Waals surface area contributed by atoms with Crippen LogP contribution in [0.1, 0.15) is 36.0 Å². The van der Waals surface area contributed by atoms with Crippen LogP contribution in [-0.4, -0.2) is 37.3 Å². The number of hydrogen-bond donors (Lipinski definition) is 2. The van der Waals surface area contributed by atoms with Crippen molar-refractivity contribution in [2.45, 2.75) is 24.9 Å². The molecule has 6 heteroatoms. The minimum atomic E-state index is -1.08. The van der Waals surface area contributed by atoms with Gasteiger partial charge in [-0.2, -0.15) is 5.26 Å². The van der Waals surface area contributed by atoms with Gasteiger partial charge >= 0.3 is 0 Å². The van der Waals surface area contributed by atoms with E-state index in [-0.39, 0.29) is 17.7 Å². The molecule has 1 amide bonds. The highest BCUT2D eigenvalue weighted by Gasteiger charge is 2.41. The molecule has 2 heterocycles. The number of nitriles is 1. The third-order valence-corrected chi connectivity index (χ3v) is 7.54. The molecule has 3 aromatic carbocycles. The van der Waals surface area contributed by atoms with E-state index in [1.54, 1.807) is 6.07 Å². The molecule has 1 atom stereocenters. The average molecular weight is 482 g/mol. The number of piperidine rings is 1. The SMILES string of the molecule is N#Cc1cc(NC(=O)C2CCOC2)ccc1N1CCC(C(O)(c2ccccc2)c2ccccc2)CC1. The summed E-state index contributed by atoms with van der Waals surface area (Å²) in [7, 11) is 0. The number of amides is 1. The van der Waals surface area contributed by atoms with Gasteiger partial charge in [0.2, 0.25) is 5.91 Å². The summed E-state index contributed by atoms with van der Waals surface area (Å²) in [5, 5.41) is 24.9. The number of carbonyl (C=O) groups is 1. The Kier molecular flexibility index (Phi) is 7.04. The summed E-state index contributed by atoms with van der Waals surface area (Å²) in [6.07, 6.45) is 2.29. The van der Waals surface area contributed by atoms with E-state index in [0.29, 0.717) is 24.5 Å². The Balaban J connectivity index is 1.33. The van der Waals surface area contributed by atoms with Crippen molar-refractivity contribution in [3.63, 3.8) is 0 Å². The molecule has 184 valence electrons. The number of nitrogens with one attached hydrogen (secondary N) is 1. The minimum absolute atomic E-state index is 0.0382. The Labute approximate surface area is 212 Å². The van der Waals surface area contributed by atoms with Gasteiger partial charge in [0.1, 0.15) is 11.7 Å². The van der Waals surface area contributed by atoms with Crippen molar-refractivity contribution in [1.82, 2.24) is 0 Å². The zero-order chi connectivity index (χ0) is 25.0. The van der Waals surface area contributed by atoms with Crippen LogP contribution in [0.2, 0.25) is 0 Å². The van der Waals surface area contributed by atoms with E-state index in [9.17, 15) is 15.2 Å². The summed E-state index contributed by atoms with van der Waals surface area (Å²) in [6, 6.07) is 27.6. The molecule has 0 spiro atoms. The van der Waals surface area contributed by atoms with Gasteiger partial charge in [0, 0.05) is 25.4 Å². The van der Waals surface area contributed by atoms with Gasteiger partial charge in [-0.3, -0.25) is 4.79 Å². The van der Waals surface area contributed by atoms with Crippen LogP contribution >= 0.6 is 0 Å². The molecule has 5 rings (SSSR count). The topological polar surface area (TPSA) is 85.6 Å². The lowest BCUT2D eigenvalue weighted by atomic mass is 9.72. The Bertz CT molecular complexity index is 1190. The number of anilines is 2. The molecule has 3 aromatic rings. The summed E-state index contributed by atoms with van der Waals surface area (Å²) < 4.78 is 5.31. The van der Waals surface area contributed by atoms with Gasteiger partial charge in [-0.1, -0.05) is 60.7 Å². The normalized spacial score (nSPS) is 18.6. The van der Waals surface area contributed by atoms with E-state index in [0.717, 1.165) is 49.2 Å². The van der Waals surface area contributed by atoms with E-state index in [1.807, 2.05) is 72.8 Å². The Morgan fingerprint density at radius 1 is 0.972 bits per heavy atom. The highest BCUT2D eigenvalue weighted by molar-refractivity contribution is 5.93. The van der Waals surface area contributed by atoms with Crippen LogP contribution in [0.5, 0.6) is 0 Å². The van der Waals surface area contributed by atoms with E-state index in [4.69, 9.17) is 4.74 Å². The first-order chi connectivity index (χ1) is 17.6. The molecular weight excluding hydrogens is 450 g/mol. The molecule has 2 N–H and O–H groups in total. The molecular formula is C30H31N3O3. The van der Waals surface area contributed by atoms with Crippen molar-refractivity contribution in [2.75, 3.05) is 36.5 Å². The van der Waals surface area contributed by atoms with Crippen molar-refractivity contribution in [3.05, 3.63) is 95.6 Å². The lowest BCUT2D eigenvalue weighted by molar-refractivity contribution is -0.119. The number of benzene rings is 3. The van der Waals surface area contributed by atoms with Gasteiger partial charge < -0.3 is 20.1 Å². The van der Waals surface area contributed by atoms with E-state index in [2.05, 4.69) is 16.3 Å². The second-order valence-corrected chi connectivity index (χ2v) is 9.65. The molecule has 0 bridgehead atoms. The van der Waals surface area contributed by atoms with Crippen LogP contribution in [0.15, 0.2) is 78.9 Å². The summed E-state index contributed by atoms with van der Waals surface area (Å²) in [5.41, 5.74) is 2.76. The number of rotatable bonds is 6. The minimum Gasteiger partial charge on any atom is -0.381 e. The van der Waals surface area contributed by atoms with Crippen LogP contribution in [0, 0.1) is 23.2 Å². The molecule has 6 nitrogen and oxygen atoms in total. The summed E-state index contributed by atoms with van der Waals surface area (Å²) in [6.45, 7) is 2.52. The quantitative estimate of drug-likeness (QED) is 0.534. The first-order valence-corrected chi connectivity index (χ1v) is 12.6. The van der Waals surface area contributed by atoms with E-state index >= 15 is 0 Å². The molecule has 36 heavy (non-hydrogen) atoms. The highest BCUT2D eigenvalue weighted by Crippen LogP contribution is 2.42. The zero-order valence-electron chi connectivity index (χ0n) is 20.3. The van der Waals surface area contributed by atoms with Gasteiger partial charge in [-0.15, -0.1) is 0 Å². The summed E-state index contributed by atoms with van der Waals surface area (Å²) in [5.74, 6) is -0.162. The van der Waals surface area contributed by atoms with Gasteiger partial charge in [0.25, 0.3) is 0 Å². The van der Waals surface area contributed by atoms with Crippen molar-refractivity contribution in [1.29, 1.82) is 5.26 Å². The lowest BCUT2D eigenvalue weighted by Gasteiger charge is -2.43. The van der Waals surface area contributed by atoms with Crippen LogP contribution in [0.3, 0.4) is 0 Å². The number of carbonyl (C=O) groups excluding carboxylic acids is 1. The van der Waals surface area contributed by atoms with Gasteiger partial charge in [-0.05, 0) is 54.5 Å². The number of ether oxygens (including phenoxy) is 1. The fourth-order valence-electron chi connectivity index (χ4n) is 5.53. The summed E-state index contributed by atoms with van der Waals surface area (Å²) >= 11 is 0. The Morgan fingerprint density at radius 2 is 1.61 bits per heavy atom. The Hall–Kier alpha value is -3.66. The predicted molar refractivity (Wildman–Crippen MR) is 140 cm³/mol. The zero-order valence-corrected chi connectivity index (χ0v) is 20.3. The van der Waals surface area contributed by atoms with Crippen molar-refractivity contribution < 1.29 is 14.6 Å². The van der Waals surface area contributed by atoms with E-state index in [1.165, 1.54) is 0 Å². The van der Waals surface area contributed by atoms with Crippen LogP contribution in [-0.2, 0) is 15.1 Å². The van der Waals surface area contributed by atoms with Gasteiger partial charge in [0.15, 0.2) is 0 Å². The predicted octanol–water partition coefficient (Wildman–Crippen LogP) is 4.69. The third-order valence-electron chi connectivity index (χ3n) is 7.54. The van der Waals surface area contributed by atoms with Crippen LogP contribution in [0.25, 0.3) is 0 Å². The molecule has 0 radical (unpaired) electrons. The number of nitrogens with zero attached hydrogens (tertiary/aromatic N) is 2.